The highest BCUT2D eigenvalue weighted by atomic mass is 16.1. The van der Waals surface area contributed by atoms with E-state index in [0.717, 1.165) is 6.42 Å². The summed E-state index contributed by atoms with van der Waals surface area (Å²) >= 11 is 0. The van der Waals surface area contributed by atoms with Crippen molar-refractivity contribution in [2.45, 2.75) is 65.0 Å². The highest BCUT2D eigenvalue weighted by Crippen LogP contribution is 2.21. The Bertz CT molecular complexity index is 189. The third kappa shape index (κ3) is 3.41. The van der Waals surface area contributed by atoms with Crippen LogP contribution in [0.2, 0.25) is 0 Å². The molecular weight excluding hydrogens is 174 g/mol. The van der Waals surface area contributed by atoms with Crippen molar-refractivity contribution < 1.29 is 4.79 Å². The van der Waals surface area contributed by atoms with Crippen LogP contribution in [-0.4, -0.2) is 29.3 Å². The minimum absolute atomic E-state index is 0.336. The van der Waals surface area contributed by atoms with E-state index in [2.05, 4.69) is 18.7 Å². The van der Waals surface area contributed by atoms with E-state index in [4.69, 9.17) is 0 Å². The van der Waals surface area contributed by atoms with Gasteiger partial charge in [-0.25, -0.2) is 0 Å². The minimum Gasteiger partial charge on any atom is -0.300 e. The van der Waals surface area contributed by atoms with E-state index >= 15 is 0 Å². The second-order valence-corrected chi connectivity index (χ2v) is 4.74. The van der Waals surface area contributed by atoms with Crippen molar-refractivity contribution in [3.8, 4) is 0 Å². The van der Waals surface area contributed by atoms with Gasteiger partial charge in [0.15, 0.2) is 0 Å². The topological polar surface area (TPSA) is 20.3 Å². The Hall–Kier alpha value is -0.370. The van der Waals surface area contributed by atoms with E-state index in [-0.39, 0.29) is 0 Å². The van der Waals surface area contributed by atoms with Crippen LogP contribution in [0.1, 0.15) is 52.9 Å². The number of rotatable bonds is 3. The molecule has 0 spiro atoms. The Labute approximate surface area is 87.7 Å². The number of likely N-dealkylation sites (tertiary alicyclic amines) is 1. The van der Waals surface area contributed by atoms with Crippen LogP contribution in [0.4, 0.5) is 0 Å². The molecule has 1 fully saturated rings. The first-order valence-electron chi connectivity index (χ1n) is 5.86. The Morgan fingerprint density at radius 2 is 2.07 bits per heavy atom. The fourth-order valence-corrected chi connectivity index (χ4v) is 2.43. The van der Waals surface area contributed by atoms with Gasteiger partial charge in [-0.1, -0.05) is 12.8 Å². The maximum atomic E-state index is 11.2. The molecule has 0 amide bonds. The maximum Gasteiger partial charge on any atom is 0.131 e. The molecule has 1 aliphatic rings. The summed E-state index contributed by atoms with van der Waals surface area (Å²) in [6.07, 6.45) is 5.88. The summed E-state index contributed by atoms with van der Waals surface area (Å²) in [5.41, 5.74) is 0. The van der Waals surface area contributed by atoms with E-state index < -0.39 is 0 Å². The molecular formula is C12H23NO. The van der Waals surface area contributed by atoms with Gasteiger partial charge >= 0.3 is 0 Å². The van der Waals surface area contributed by atoms with Gasteiger partial charge in [-0.05, 0) is 40.2 Å². The third-order valence-electron chi connectivity index (χ3n) is 3.11. The summed E-state index contributed by atoms with van der Waals surface area (Å²) in [6, 6.07) is 1.09. The van der Waals surface area contributed by atoms with Crippen molar-refractivity contribution in [1.29, 1.82) is 0 Å². The van der Waals surface area contributed by atoms with Gasteiger partial charge in [0.1, 0.15) is 5.78 Å². The lowest BCUT2D eigenvalue weighted by Gasteiger charge is -2.32. The van der Waals surface area contributed by atoms with Crippen LogP contribution >= 0.6 is 0 Å². The van der Waals surface area contributed by atoms with E-state index in [1.165, 1.54) is 32.2 Å². The van der Waals surface area contributed by atoms with E-state index in [1.54, 1.807) is 6.92 Å². The van der Waals surface area contributed by atoms with Gasteiger partial charge in [-0.2, -0.15) is 0 Å². The molecule has 1 atom stereocenters. The van der Waals surface area contributed by atoms with Gasteiger partial charge in [0, 0.05) is 18.5 Å². The first kappa shape index (κ1) is 11.7. The Balaban J connectivity index is 2.58. The fraction of sp³-hybridized carbons (Fsp3) is 0.917. The molecule has 0 bridgehead atoms. The Morgan fingerprint density at radius 3 is 2.64 bits per heavy atom. The number of ketones is 1. The molecule has 1 unspecified atom stereocenters. The van der Waals surface area contributed by atoms with Crippen LogP contribution in [0, 0.1) is 0 Å². The lowest BCUT2D eigenvalue weighted by atomic mass is 10.0. The Kier molecular flexibility index (Phi) is 4.59. The van der Waals surface area contributed by atoms with Gasteiger partial charge in [-0.15, -0.1) is 0 Å². The Morgan fingerprint density at radius 1 is 1.36 bits per heavy atom. The molecule has 2 heteroatoms. The number of hydrogen-bond acceptors (Lipinski definition) is 2. The summed E-state index contributed by atoms with van der Waals surface area (Å²) in [7, 11) is 0. The molecule has 82 valence electrons. The van der Waals surface area contributed by atoms with Crippen LogP contribution < -0.4 is 0 Å². The lowest BCUT2D eigenvalue weighted by Crippen LogP contribution is -2.41. The standard InChI is InChI=1S/C12H23NO/c1-10(2)13-8-6-4-5-7-12(13)9-11(3)14/h10,12H,4-9H2,1-3H3. The molecule has 0 radical (unpaired) electrons. The smallest absolute Gasteiger partial charge is 0.131 e. The number of carbonyl (C=O) groups excluding carboxylic acids is 1. The van der Waals surface area contributed by atoms with Crippen LogP contribution in [-0.2, 0) is 4.79 Å². The minimum atomic E-state index is 0.336. The number of nitrogens with zero attached hydrogens (tertiary/aromatic N) is 1. The summed E-state index contributed by atoms with van der Waals surface area (Å²) in [5.74, 6) is 0.336. The highest BCUT2D eigenvalue weighted by Gasteiger charge is 2.23. The van der Waals surface area contributed by atoms with E-state index in [0.29, 0.717) is 17.9 Å². The van der Waals surface area contributed by atoms with Crippen LogP contribution in [0.15, 0.2) is 0 Å². The SMILES string of the molecule is CC(=O)CC1CCCCCN1C(C)C. The molecule has 0 aliphatic carbocycles. The zero-order valence-corrected chi connectivity index (χ0v) is 9.75. The summed E-state index contributed by atoms with van der Waals surface area (Å²) < 4.78 is 0. The number of hydrogen-bond donors (Lipinski definition) is 0. The van der Waals surface area contributed by atoms with Crippen molar-refractivity contribution >= 4 is 5.78 Å². The average molecular weight is 197 g/mol. The predicted octanol–water partition coefficient (Wildman–Crippen LogP) is 2.62. The molecule has 0 saturated carbocycles. The van der Waals surface area contributed by atoms with Gasteiger partial charge in [0.2, 0.25) is 0 Å². The summed E-state index contributed by atoms with van der Waals surface area (Å²) in [6.45, 7) is 7.36. The molecule has 1 rings (SSSR count). The van der Waals surface area contributed by atoms with Crippen molar-refractivity contribution in [3.05, 3.63) is 0 Å². The fourth-order valence-electron chi connectivity index (χ4n) is 2.43. The first-order chi connectivity index (χ1) is 6.61. The number of Topliss-reactive ketones (excluding diaryl/α,β-unsaturated/α-hetero) is 1. The normalized spacial score (nSPS) is 25.0. The summed E-state index contributed by atoms with van der Waals surface area (Å²) in [5, 5.41) is 0. The van der Waals surface area contributed by atoms with Crippen LogP contribution in [0.3, 0.4) is 0 Å². The molecule has 0 N–H and O–H groups in total. The van der Waals surface area contributed by atoms with Gasteiger partial charge in [0.25, 0.3) is 0 Å². The van der Waals surface area contributed by atoms with Gasteiger partial charge in [-0.3, -0.25) is 9.69 Å². The quantitative estimate of drug-likeness (QED) is 0.693. The van der Waals surface area contributed by atoms with Crippen LogP contribution in [0.25, 0.3) is 0 Å². The molecule has 0 aromatic rings. The average Bonchev–Trinajstić information content (AvgIpc) is 2.28. The van der Waals surface area contributed by atoms with Crippen molar-refractivity contribution in [2.75, 3.05) is 6.54 Å². The second-order valence-electron chi connectivity index (χ2n) is 4.74. The zero-order valence-electron chi connectivity index (χ0n) is 9.75. The molecule has 0 aromatic heterocycles. The largest absolute Gasteiger partial charge is 0.300 e. The van der Waals surface area contributed by atoms with Gasteiger partial charge < -0.3 is 0 Å². The first-order valence-corrected chi connectivity index (χ1v) is 5.86. The van der Waals surface area contributed by atoms with E-state index in [1.807, 2.05) is 0 Å². The molecule has 2 nitrogen and oxygen atoms in total. The molecule has 1 saturated heterocycles. The highest BCUT2D eigenvalue weighted by molar-refractivity contribution is 5.76. The monoisotopic (exact) mass is 197 g/mol. The molecule has 1 aliphatic heterocycles. The summed E-state index contributed by atoms with van der Waals surface area (Å²) in [4.78, 5) is 13.7. The molecule has 0 aromatic carbocycles. The molecule has 14 heavy (non-hydrogen) atoms. The van der Waals surface area contributed by atoms with Crippen molar-refractivity contribution in [2.24, 2.45) is 0 Å². The van der Waals surface area contributed by atoms with Crippen molar-refractivity contribution in [3.63, 3.8) is 0 Å². The maximum absolute atomic E-state index is 11.2. The lowest BCUT2D eigenvalue weighted by molar-refractivity contribution is -0.118. The van der Waals surface area contributed by atoms with Crippen molar-refractivity contribution in [1.82, 2.24) is 4.90 Å². The zero-order chi connectivity index (χ0) is 10.6. The molecule has 1 heterocycles. The van der Waals surface area contributed by atoms with E-state index in [9.17, 15) is 4.79 Å². The number of carbonyl (C=O) groups is 1. The van der Waals surface area contributed by atoms with Crippen LogP contribution in [0.5, 0.6) is 0 Å². The third-order valence-corrected chi connectivity index (χ3v) is 3.11. The van der Waals surface area contributed by atoms with Gasteiger partial charge in [0.05, 0.1) is 0 Å². The second kappa shape index (κ2) is 5.50. The predicted molar refractivity (Wildman–Crippen MR) is 59.4 cm³/mol.